The van der Waals surface area contributed by atoms with Gasteiger partial charge < -0.3 is 4.74 Å². The van der Waals surface area contributed by atoms with Crippen LogP contribution < -0.4 is 4.72 Å². The smallest absolute Gasteiger partial charge is 0.270 e. The molecular weight excluding hydrogens is 370 g/mol. The zero-order chi connectivity index (χ0) is 20.0. The standard InChI is InChI=1S/C18H29N3O5S/c1-4-15(5-2)17(20-8-10-26-11-9-20)13-19-27(24,25)18-12-16(21(22)23)7-6-14(18)3/h6-7,12,15,17,19H,4-5,8-11,13H2,1-3H3/t17-/m1/s1. The summed E-state index contributed by atoms with van der Waals surface area (Å²) in [6, 6.07) is 3.97. The van der Waals surface area contributed by atoms with Crippen molar-refractivity contribution >= 4 is 15.7 Å². The number of nitrogens with zero attached hydrogens (tertiary/aromatic N) is 2. The molecule has 8 nitrogen and oxygen atoms in total. The van der Waals surface area contributed by atoms with E-state index in [4.69, 9.17) is 4.74 Å². The Labute approximate surface area is 161 Å². The average Bonchev–Trinajstić information content (AvgIpc) is 2.65. The molecule has 1 aromatic carbocycles. The Bertz CT molecular complexity index is 743. The van der Waals surface area contributed by atoms with E-state index in [2.05, 4.69) is 23.5 Å². The summed E-state index contributed by atoms with van der Waals surface area (Å²) in [4.78, 5) is 12.7. The summed E-state index contributed by atoms with van der Waals surface area (Å²) in [6.45, 7) is 8.98. The molecule has 0 saturated carbocycles. The number of hydrogen-bond donors (Lipinski definition) is 1. The molecule has 0 aliphatic carbocycles. The number of non-ortho nitro benzene ring substituents is 1. The second-order valence-corrected chi connectivity index (χ2v) is 8.59. The van der Waals surface area contributed by atoms with Crippen molar-refractivity contribution in [2.45, 2.75) is 44.6 Å². The Morgan fingerprint density at radius 2 is 1.89 bits per heavy atom. The number of rotatable bonds is 9. The number of hydrogen-bond acceptors (Lipinski definition) is 6. The number of aryl methyl sites for hydroxylation is 1. The number of nitro benzene ring substituents is 1. The zero-order valence-electron chi connectivity index (χ0n) is 16.2. The van der Waals surface area contributed by atoms with Gasteiger partial charge in [0, 0.05) is 37.8 Å². The molecule has 152 valence electrons. The minimum atomic E-state index is -3.84. The average molecular weight is 400 g/mol. The fourth-order valence-corrected chi connectivity index (χ4v) is 4.91. The largest absolute Gasteiger partial charge is 0.379 e. The summed E-state index contributed by atoms with van der Waals surface area (Å²) in [7, 11) is -3.84. The Balaban J connectivity index is 2.21. The van der Waals surface area contributed by atoms with E-state index in [1.165, 1.54) is 12.1 Å². The number of nitro groups is 1. The minimum absolute atomic E-state index is 0.0398. The fourth-order valence-electron chi connectivity index (χ4n) is 3.60. The van der Waals surface area contributed by atoms with Crippen LogP contribution in [0.5, 0.6) is 0 Å². The van der Waals surface area contributed by atoms with Crippen molar-refractivity contribution in [2.24, 2.45) is 5.92 Å². The highest BCUT2D eigenvalue weighted by Gasteiger charge is 2.29. The van der Waals surface area contributed by atoms with Crippen molar-refractivity contribution < 1.29 is 18.1 Å². The van der Waals surface area contributed by atoms with Crippen molar-refractivity contribution in [3.05, 3.63) is 33.9 Å². The Kier molecular flexibility index (Phi) is 7.72. The van der Waals surface area contributed by atoms with Gasteiger partial charge in [0.1, 0.15) is 0 Å². The van der Waals surface area contributed by atoms with E-state index in [9.17, 15) is 18.5 Å². The SMILES string of the molecule is CCC(CC)[C@@H](CNS(=O)(=O)c1cc([N+](=O)[O-])ccc1C)N1CCOCC1. The van der Waals surface area contributed by atoms with E-state index in [0.29, 0.717) is 24.7 Å². The van der Waals surface area contributed by atoms with Gasteiger partial charge in [-0.3, -0.25) is 15.0 Å². The number of ether oxygens (including phenoxy) is 1. The van der Waals surface area contributed by atoms with Crippen LogP contribution in [-0.2, 0) is 14.8 Å². The molecular formula is C18H29N3O5S. The number of benzene rings is 1. The summed E-state index contributed by atoms with van der Waals surface area (Å²) in [5, 5.41) is 11.0. The summed E-state index contributed by atoms with van der Waals surface area (Å²) >= 11 is 0. The van der Waals surface area contributed by atoms with Crippen LogP contribution in [0, 0.1) is 23.0 Å². The van der Waals surface area contributed by atoms with Crippen LogP contribution in [-0.4, -0.2) is 57.1 Å². The molecule has 0 bridgehead atoms. The van der Waals surface area contributed by atoms with Gasteiger partial charge in [-0.15, -0.1) is 0 Å². The second kappa shape index (κ2) is 9.59. The lowest BCUT2D eigenvalue weighted by Crippen LogP contribution is -2.52. The normalized spacial score (nSPS) is 17.2. The van der Waals surface area contributed by atoms with Crippen LogP contribution in [0.2, 0.25) is 0 Å². The van der Waals surface area contributed by atoms with Crippen LogP contribution in [0.15, 0.2) is 23.1 Å². The molecule has 1 fully saturated rings. The third-order valence-corrected chi connectivity index (χ3v) is 6.83. The first-order valence-electron chi connectivity index (χ1n) is 9.36. The predicted molar refractivity (Wildman–Crippen MR) is 103 cm³/mol. The number of nitrogens with one attached hydrogen (secondary N) is 1. The fraction of sp³-hybridized carbons (Fsp3) is 0.667. The van der Waals surface area contributed by atoms with Crippen LogP contribution in [0.3, 0.4) is 0 Å². The van der Waals surface area contributed by atoms with Gasteiger partial charge in [-0.05, 0) is 18.4 Å². The quantitative estimate of drug-likeness (QED) is 0.505. The van der Waals surface area contributed by atoms with E-state index in [-0.39, 0.29) is 23.2 Å². The van der Waals surface area contributed by atoms with Gasteiger partial charge in [-0.2, -0.15) is 0 Å². The first kappa shape index (κ1) is 21.7. The van der Waals surface area contributed by atoms with Crippen molar-refractivity contribution in [1.29, 1.82) is 0 Å². The first-order chi connectivity index (χ1) is 12.8. The van der Waals surface area contributed by atoms with Crippen LogP contribution in [0.4, 0.5) is 5.69 Å². The van der Waals surface area contributed by atoms with Gasteiger partial charge in [0.05, 0.1) is 23.0 Å². The molecule has 1 aromatic rings. The summed E-state index contributed by atoms with van der Waals surface area (Å²) in [5.74, 6) is 0.358. The third kappa shape index (κ3) is 5.47. The summed E-state index contributed by atoms with van der Waals surface area (Å²) in [6.07, 6.45) is 1.91. The molecule has 9 heteroatoms. The second-order valence-electron chi connectivity index (χ2n) is 6.85. The highest BCUT2D eigenvalue weighted by molar-refractivity contribution is 7.89. The third-order valence-electron chi connectivity index (χ3n) is 5.26. The molecule has 0 radical (unpaired) electrons. The maximum absolute atomic E-state index is 12.8. The van der Waals surface area contributed by atoms with Gasteiger partial charge in [0.2, 0.25) is 10.0 Å². The molecule has 0 aromatic heterocycles. The molecule has 1 aliphatic heterocycles. The van der Waals surface area contributed by atoms with E-state index < -0.39 is 14.9 Å². The maximum atomic E-state index is 12.8. The molecule has 2 rings (SSSR count). The Morgan fingerprint density at radius 1 is 1.26 bits per heavy atom. The molecule has 1 aliphatic rings. The molecule has 0 unspecified atom stereocenters. The lowest BCUT2D eigenvalue weighted by molar-refractivity contribution is -0.385. The van der Waals surface area contributed by atoms with E-state index in [0.717, 1.165) is 32.0 Å². The highest BCUT2D eigenvalue weighted by Crippen LogP contribution is 2.23. The molecule has 1 heterocycles. The van der Waals surface area contributed by atoms with E-state index >= 15 is 0 Å². The lowest BCUT2D eigenvalue weighted by atomic mass is 9.92. The predicted octanol–water partition coefficient (Wildman–Crippen LogP) is 2.32. The molecule has 0 amide bonds. The summed E-state index contributed by atoms with van der Waals surface area (Å²) < 4.78 is 33.8. The van der Waals surface area contributed by atoms with Gasteiger partial charge in [0.25, 0.3) is 5.69 Å². The lowest BCUT2D eigenvalue weighted by Gasteiger charge is -2.38. The molecule has 27 heavy (non-hydrogen) atoms. The van der Waals surface area contributed by atoms with Crippen LogP contribution in [0.1, 0.15) is 32.3 Å². The molecule has 1 atom stereocenters. The molecule has 0 spiro atoms. The number of morpholine rings is 1. The Morgan fingerprint density at radius 3 is 2.44 bits per heavy atom. The number of sulfonamides is 1. The van der Waals surface area contributed by atoms with Crippen molar-refractivity contribution in [3.8, 4) is 0 Å². The Hall–Kier alpha value is -1.55. The highest BCUT2D eigenvalue weighted by atomic mass is 32.2. The molecule has 1 saturated heterocycles. The van der Waals surface area contributed by atoms with Gasteiger partial charge in [-0.25, -0.2) is 13.1 Å². The van der Waals surface area contributed by atoms with Crippen molar-refractivity contribution in [3.63, 3.8) is 0 Å². The first-order valence-corrected chi connectivity index (χ1v) is 10.8. The zero-order valence-corrected chi connectivity index (χ0v) is 17.0. The van der Waals surface area contributed by atoms with E-state index in [1.54, 1.807) is 6.92 Å². The topological polar surface area (TPSA) is 102 Å². The summed E-state index contributed by atoms with van der Waals surface area (Å²) in [5.41, 5.74) is 0.254. The van der Waals surface area contributed by atoms with Gasteiger partial charge >= 0.3 is 0 Å². The minimum Gasteiger partial charge on any atom is -0.379 e. The van der Waals surface area contributed by atoms with Crippen LogP contribution in [0.25, 0.3) is 0 Å². The molecule has 1 N–H and O–H groups in total. The van der Waals surface area contributed by atoms with Crippen molar-refractivity contribution in [2.75, 3.05) is 32.8 Å². The van der Waals surface area contributed by atoms with Gasteiger partial charge in [-0.1, -0.05) is 32.8 Å². The monoisotopic (exact) mass is 399 g/mol. The van der Waals surface area contributed by atoms with Crippen LogP contribution >= 0.6 is 0 Å². The van der Waals surface area contributed by atoms with E-state index in [1.807, 2.05) is 0 Å². The maximum Gasteiger partial charge on any atom is 0.270 e. The van der Waals surface area contributed by atoms with Crippen molar-refractivity contribution in [1.82, 2.24) is 9.62 Å². The van der Waals surface area contributed by atoms with Gasteiger partial charge in [0.15, 0.2) is 0 Å².